The standard InChI is InChI=1S/C23H19FN4O2S/c1-30-18-8-6-17(7-9-18)27-23-25-13-12-19(28-23)20-10-11-21(31-20)22(29)26-14-15-2-4-16(24)5-3-15/h2-13H,14H2,1H3,(H,26,29)(H,25,27,28). The fraction of sp³-hybridized carbons (Fsp3) is 0.0870. The van der Waals surface area contributed by atoms with Crippen molar-refractivity contribution in [2.45, 2.75) is 6.54 Å². The minimum Gasteiger partial charge on any atom is -0.497 e. The van der Waals surface area contributed by atoms with Crippen molar-refractivity contribution in [1.29, 1.82) is 0 Å². The number of thiophene rings is 1. The van der Waals surface area contributed by atoms with E-state index in [9.17, 15) is 9.18 Å². The van der Waals surface area contributed by atoms with Crippen molar-refractivity contribution in [3.63, 3.8) is 0 Å². The van der Waals surface area contributed by atoms with E-state index in [2.05, 4.69) is 20.6 Å². The molecule has 0 saturated heterocycles. The molecule has 156 valence electrons. The molecule has 0 spiro atoms. The van der Waals surface area contributed by atoms with Gasteiger partial charge in [0.25, 0.3) is 5.91 Å². The number of halogens is 1. The van der Waals surface area contributed by atoms with Crippen molar-refractivity contribution in [1.82, 2.24) is 15.3 Å². The molecule has 6 nitrogen and oxygen atoms in total. The fourth-order valence-electron chi connectivity index (χ4n) is 2.83. The van der Waals surface area contributed by atoms with E-state index in [1.807, 2.05) is 30.3 Å². The van der Waals surface area contributed by atoms with Gasteiger partial charge in [0.2, 0.25) is 5.95 Å². The summed E-state index contributed by atoms with van der Waals surface area (Å²) in [6.07, 6.45) is 1.67. The van der Waals surface area contributed by atoms with E-state index in [4.69, 9.17) is 4.74 Å². The molecular weight excluding hydrogens is 415 g/mol. The van der Waals surface area contributed by atoms with Crippen LogP contribution in [0.25, 0.3) is 10.6 Å². The number of amides is 1. The van der Waals surface area contributed by atoms with E-state index in [1.54, 1.807) is 37.6 Å². The summed E-state index contributed by atoms with van der Waals surface area (Å²) in [7, 11) is 1.62. The maximum Gasteiger partial charge on any atom is 0.261 e. The maximum atomic E-state index is 13.0. The van der Waals surface area contributed by atoms with Gasteiger partial charge in [0.1, 0.15) is 11.6 Å². The highest BCUT2D eigenvalue weighted by molar-refractivity contribution is 7.17. The molecule has 2 heterocycles. The summed E-state index contributed by atoms with van der Waals surface area (Å²) in [5, 5.41) is 6.00. The van der Waals surface area contributed by atoms with Crippen LogP contribution in [0.15, 0.2) is 72.9 Å². The normalized spacial score (nSPS) is 10.5. The Hall–Kier alpha value is -3.78. The van der Waals surface area contributed by atoms with E-state index in [-0.39, 0.29) is 11.7 Å². The second kappa shape index (κ2) is 9.36. The molecule has 2 aromatic carbocycles. The molecule has 0 unspecified atom stereocenters. The number of rotatable bonds is 7. The predicted molar refractivity (Wildman–Crippen MR) is 119 cm³/mol. The number of carbonyl (C=O) groups excluding carboxylic acids is 1. The quantitative estimate of drug-likeness (QED) is 0.427. The highest BCUT2D eigenvalue weighted by Gasteiger charge is 2.12. The number of nitrogens with zero attached hydrogens (tertiary/aromatic N) is 2. The number of hydrogen-bond donors (Lipinski definition) is 2. The highest BCUT2D eigenvalue weighted by Crippen LogP contribution is 2.27. The van der Waals surface area contributed by atoms with E-state index >= 15 is 0 Å². The number of hydrogen-bond acceptors (Lipinski definition) is 6. The average Bonchev–Trinajstić information content (AvgIpc) is 3.30. The van der Waals surface area contributed by atoms with Crippen LogP contribution in [-0.2, 0) is 6.54 Å². The van der Waals surface area contributed by atoms with Crippen molar-refractivity contribution in [3.05, 3.63) is 89.2 Å². The third-order valence-corrected chi connectivity index (χ3v) is 5.56. The largest absolute Gasteiger partial charge is 0.497 e. The summed E-state index contributed by atoms with van der Waals surface area (Å²) in [5.74, 6) is 0.734. The average molecular weight is 434 g/mol. The Morgan fingerprint density at radius 3 is 2.55 bits per heavy atom. The molecule has 0 aliphatic carbocycles. The lowest BCUT2D eigenvalue weighted by atomic mass is 10.2. The van der Waals surface area contributed by atoms with Gasteiger partial charge in [-0.15, -0.1) is 11.3 Å². The van der Waals surface area contributed by atoms with Crippen molar-refractivity contribution >= 4 is 28.9 Å². The van der Waals surface area contributed by atoms with E-state index in [0.29, 0.717) is 23.1 Å². The predicted octanol–water partition coefficient (Wildman–Crippen LogP) is 5.03. The molecule has 0 atom stereocenters. The van der Waals surface area contributed by atoms with E-state index in [1.165, 1.54) is 23.5 Å². The van der Waals surface area contributed by atoms with Gasteiger partial charge in [0, 0.05) is 18.4 Å². The van der Waals surface area contributed by atoms with Crippen LogP contribution in [0.1, 0.15) is 15.2 Å². The third kappa shape index (κ3) is 5.23. The number of anilines is 2. The molecular formula is C23H19FN4O2S. The van der Waals surface area contributed by atoms with Crippen LogP contribution in [0.5, 0.6) is 5.75 Å². The Kier molecular flexibility index (Phi) is 6.18. The summed E-state index contributed by atoms with van der Waals surface area (Å²) in [6, 6.07) is 18.9. The van der Waals surface area contributed by atoms with Gasteiger partial charge in [0.15, 0.2) is 0 Å². The van der Waals surface area contributed by atoms with Gasteiger partial charge in [-0.1, -0.05) is 12.1 Å². The zero-order valence-electron chi connectivity index (χ0n) is 16.6. The van der Waals surface area contributed by atoms with Crippen LogP contribution in [0.4, 0.5) is 16.0 Å². The second-order valence-electron chi connectivity index (χ2n) is 6.59. The van der Waals surface area contributed by atoms with E-state index in [0.717, 1.165) is 21.9 Å². The highest BCUT2D eigenvalue weighted by atomic mass is 32.1. The minimum atomic E-state index is -0.302. The summed E-state index contributed by atoms with van der Waals surface area (Å²) in [5.41, 5.74) is 2.38. The molecule has 0 saturated carbocycles. The Labute approximate surface area is 182 Å². The van der Waals surface area contributed by atoms with Crippen molar-refractivity contribution in [2.24, 2.45) is 0 Å². The van der Waals surface area contributed by atoms with E-state index < -0.39 is 0 Å². The molecule has 2 N–H and O–H groups in total. The molecule has 8 heteroatoms. The Morgan fingerprint density at radius 1 is 1.03 bits per heavy atom. The zero-order chi connectivity index (χ0) is 21.6. The first kappa shape index (κ1) is 20.5. The maximum absolute atomic E-state index is 13.0. The third-order valence-electron chi connectivity index (χ3n) is 4.45. The van der Waals surface area contributed by atoms with Crippen LogP contribution in [-0.4, -0.2) is 23.0 Å². The summed E-state index contributed by atoms with van der Waals surface area (Å²) >= 11 is 1.34. The molecule has 0 fully saturated rings. The van der Waals surface area contributed by atoms with Gasteiger partial charge in [0.05, 0.1) is 22.6 Å². The van der Waals surface area contributed by atoms with Crippen molar-refractivity contribution < 1.29 is 13.9 Å². The summed E-state index contributed by atoms with van der Waals surface area (Å²) in [6.45, 7) is 0.329. The van der Waals surface area contributed by atoms with Crippen LogP contribution in [0.2, 0.25) is 0 Å². The molecule has 2 aromatic heterocycles. The van der Waals surface area contributed by atoms with Crippen LogP contribution in [0.3, 0.4) is 0 Å². The Bertz CT molecular complexity index is 1180. The molecule has 4 aromatic rings. The molecule has 0 aliphatic heterocycles. The Balaban J connectivity index is 1.42. The van der Waals surface area contributed by atoms with Gasteiger partial charge in [-0.25, -0.2) is 14.4 Å². The van der Waals surface area contributed by atoms with Gasteiger partial charge in [-0.05, 0) is 60.2 Å². The molecule has 0 aliphatic rings. The molecule has 0 bridgehead atoms. The van der Waals surface area contributed by atoms with Gasteiger partial charge in [-0.3, -0.25) is 4.79 Å². The number of aromatic nitrogens is 2. The van der Waals surface area contributed by atoms with Crippen LogP contribution < -0.4 is 15.4 Å². The zero-order valence-corrected chi connectivity index (χ0v) is 17.4. The molecule has 31 heavy (non-hydrogen) atoms. The first-order chi connectivity index (χ1) is 15.1. The van der Waals surface area contributed by atoms with Gasteiger partial charge in [-0.2, -0.15) is 0 Å². The smallest absolute Gasteiger partial charge is 0.261 e. The summed E-state index contributed by atoms with van der Waals surface area (Å²) in [4.78, 5) is 22.7. The van der Waals surface area contributed by atoms with Crippen molar-refractivity contribution in [3.8, 4) is 16.3 Å². The lowest BCUT2D eigenvalue weighted by Crippen LogP contribution is -2.21. The van der Waals surface area contributed by atoms with Gasteiger partial charge < -0.3 is 15.4 Å². The summed E-state index contributed by atoms with van der Waals surface area (Å²) < 4.78 is 18.1. The number of carbonyl (C=O) groups is 1. The number of ether oxygens (including phenoxy) is 1. The molecule has 4 rings (SSSR count). The van der Waals surface area contributed by atoms with Crippen molar-refractivity contribution in [2.75, 3.05) is 12.4 Å². The van der Waals surface area contributed by atoms with Crippen LogP contribution >= 0.6 is 11.3 Å². The fourth-order valence-corrected chi connectivity index (χ4v) is 3.72. The second-order valence-corrected chi connectivity index (χ2v) is 7.68. The van der Waals surface area contributed by atoms with Crippen LogP contribution in [0, 0.1) is 5.82 Å². The monoisotopic (exact) mass is 434 g/mol. The Morgan fingerprint density at radius 2 is 1.81 bits per heavy atom. The van der Waals surface area contributed by atoms with Gasteiger partial charge >= 0.3 is 0 Å². The SMILES string of the molecule is COc1ccc(Nc2nccc(-c3ccc(C(=O)NCc4ccc(F)cc4)s3)n2)cc1. The minimum absolute atomic E-state index is 0.189. The first-order valence-corrected chi connectivity index (χ1v) is 10.3. The molecule has 1 amide bonds. The lowest BCUT2D eigenvalue weighted by Gasteiger charge is -2.07. The number of methoxy groups -OCH3 is 1. The number of nitrogens with one attached hydrogen (secondary N) is 2. The lowest BCUT2D eigenvalue weighted by molar-refractivity contribution is 0.0955. The first-order valence-electron chi connectivity index (χ1n) is 9.48. The number of benzene rings is 2. The topological polar surface area (TPSA) is 76.1 Å². The molecule has 0 radical (unpaired) electrons.